The van der Waals surface area contributed by atoms with Crippen molar-refractivity contribution in [3.8, 4) is 11.4 Å². The maximum atomic E-state index is 13.2. The molecule has 0 fully saturated rings. The van der Waals surface area contributed by atoms with Gasteiger partial charge in [0.05, 0.1) is 11.8 Å². The van der Waals surface area contributed by atoms with E-state index in [-0.39, 0.29) is 11.4 Å². The van der Waals surface area contributed by atoms with Crippen molar-refractivity contribution in [1.29, 1.82) is 0 Å². The zero-order chi connectivity index (χ0) is 9.26. The molecule has 0 saturated carbocycles. The summed E-state index contributed by atoms with van der Waals surface area (Å²) < 4.78 is 14.0. The van der Waals surface area contributed by atoms with Crippen LogP contribution in [-0.4, -0.2) is 14.9 Å². The largest absolute Gasteiger partial charge is 0.427 e. The normalized spacial score (nSPS) is 10.2. The summed E-state index contributed by atoms with van der Waals surface area (Å²) in [5.41, 5.74) is 0.287. The molecule has 2 aromatic rings. The minimum absolute atomic E-state index is 0.207. The average Bonchev–Trinajstić information content (AvgIpc) is 2.52. The van der Waals surface area contributed by atoms with Crippen LogP contribution in [0.5, 0.6) is 0 Å². The lowest BCUT2D eigenvalue weighted by Crippen LogP contribution is -1.94. The van der Waals surface area contributed by atoms with Crippen LogP contribution in [-0.2, 0) is 0 Å². The zero-order valence-corrected chi connectivity index (χ0v) is 6.68. The number of hydrogen-bond acceptors (Lipinski definition) is 2. The van der Waals surface area contributed by atoms with Gasteiger partial charge in [-0.25, -0.2) is 9.37 Å². The second-order valence-electron chi connectivity index (χ2n) is 2.58. The molecule has 1 heterocycles. The Morgan fingerprint density at radius 1 is 1.31 bits per heavy atom. The first-order valence-electron chi connectivity index (χ1n) is 3.76. The van der Waals surface area contributed by atoms with Gasteiger partial charge in [-0.05, 0) is 12.1 Å². The van der Waals surface area contributed by atoms with Crippen molar-refractivity contribution in [2.75, 3.05) is 0 Å². The Hall–Kier alpha value is -1.84. The van der Waals surface area contributed by atoms with Gasteiger partial charge in [-0.2, -0.15) is 4.73 Å². The van der Waals surface area contributed by atoms with Crippen LogP contribution >= 0.6 is 0 Å². The topological polar surface area (TPSA) is 38.0 Å². The van der Waals surface area contributed by atoms with E-state index in [1.807, 2.05) is 0 Å². The minimum Gasteiger partial charge on any atom is -0.427 e. The van der Waals surface area contributed by atoms with Crippen LogP contribution in [0.25, 0.3) is 11.4 Å². The molecule has 1 aromatic carbocycles. The standard InChI is InChI=1S/C9H7FN2O/c10-8-4-2-1-3-7(8)9-11-5-6-12(9)13/h1-6,13H. The van der Waals surface area contributed by atoms with Crippen LogP contribution < -0.4 is 0 Å². The Balaban J connectivity index is 2.59. The molecular weight excluding hydrogens is 171 g/mol. The van der Waals surface area contributed by atoms with E-state index in [0.29, 0.717) is 0 Å². The molecule has 0 spiro atoms. The molecule has 4 heteroatoms. The summed E-state index contributed by atoms with van der Waals surface area (Å²) in [6.45, 7) is 0. The minimum atomic E-state index is -0.399. The highest BCUT2D eigenvalue weighted by Gasteiger charge is 2.08. The maximum absolute atomic E-state index is 13.2. The van der Waals surface area contributed by atoms with E-state index in [9.17, 15) is 9.60 Å². The third-order valence-corrected chi connectivity index (χ3v) is 1.74. The van der Waals surface area contributed by atoms with Gasteiger partial charge in [-0.3, -0.25) is 0 Å². The van der Waals surface area contributed by atoms with Crippen LogP contribution in [0.4, 0.5) is 4.39 Å². The maximum Gasteiger partial charge on any atom is 0.178 e. The highest BCUT2D eigenvalue weighted by molar-refractivity contribution is 5.55. The summed E-state index contributed by atoms with van der Waals surface area (Å²) in [5.74, 6) is -0.192. The van der Waals surface area contributed by atoms with E-state index in [2.05, 4.69) is 4.98 Å². The number of rotatable bonds is 1. The molecule has 0 radical (unpaired) electrons. The van der Waals surface area contributed by atoms with Crippen LogP contribution in [0.3, 0.4) is 0 Å². The van der Waals surface area contributed by atoms with Crippen molar-refractivity contribution >= 4 is 0 Å². The molecule has 0 aliphatic heterocycles. The average molecular weight is 178 g/mol. The Morgan fingerprint density at radius 3 is 2.69 bits per heavy atom. The third-order valence-electron chi connectivity index (χ3n) is 1.74. The van der Waals surface area contributed by atoms with Gasteiger partial charge >= 0.3 is 0 Å². The molecule has 1 aromatic heterocycles. The lowest BCUT2D eigenvalue weighted by Gasteiger charge is -2.00. The number of aromatic nitrogens is 2. The first-order chi connectivity index (χ1) is 6.29. The Labute approximate surface area is 74.0 Å². The van der Waals surface area contributed by atoms with E-state index in [1.165, 1.54) is 18.5 Å². The van der Waals surface area contributed by atoms with Crippen molar-refractivity contribution in [2.45, 2.75) is 0 Å². The SMILES string of the molecule is On1ccnc1-c1ccccc1F. The Kier molecular flexibility index (Phi) is 1.73. The molecule has 0 saturated heterocycles. The van der Waals surface area contributed by atoms with Crippen LogP contribution in [0.2, 0.25) is 0 Å². The second-order valence-corrected chi connectivity index (χ2v) is 2.58. The fraction of sp³-hybridized carbons (Fsp3) is 0. The van der Waals surface area contributed by atoms with E-state index in [4.69, 9.17) is 0 Å². The first kappa shape index (κ1) is 7.79. The molecule has 0 bridgehead atoms. The summed E-state index contributed by atoms with van der Waals surface area (Å²) in [6.07, 6.45) is 2.75. The second kappa shape index (κ2) is 2.90. The molecule has 0 atom stereocenters. The lowest BCUT2D eigenvalue weighted by atomic mass is 10.2. The van der Waals surface area contributed by atoms with E-state index < -0.39 is 5.82 Å². The first-order valence-corrected chi connectivity index (χ1v) is 3.76. The van der Waals surface area contributed by atoms with Gasteiger partial charge in [0.25, 0.3) is 0 Å². The van der Waals surface area contributed by atoms with Crippen molar-refractivity contribution < 1.29 is 9.60 Å². The number of halogens is 1. The summed E-state index contributed by atoms with van der Waals surface area (Å²) in [5, 5.41) is 9.22. The monoisotopic (exact) mass is 178 g/mol. The molecule has 2 rings (SSSR count). The van der Waals surface area contributed by atoms with Gasteiger partial charge in [0.1, 0.15) is 5.82 Å². The van der Waals surface area contributed by atoms with Gasteiger partial charge in [0.2, 0.25) is 0 Å². The fourth-order valence-corrected chi connectivity index (χ4v) is 1.13. The molecule has 0 amide bonds. The van der Waals surface area contributed by atoms with Crippen molar-refractivity contribution in [3.63, 3.8) is 0 Å². The quantitative estimate of drug-likeness (QED) is 0.677. The molecular formula is C9H7FN2O. The Bertz CT molecular complexity index is 425. The van der Waals surface area contributed by atoms with Crippen LogP contribution in [0.1, 0.15) is 0 Å². The van der Waals surface area contributed by atoms with E-state index in [1.54, 1.807) is 18.2 Å². The molecule has 0 aliphatic carbocycles. The van der Waals surface area contributed by atoms with Gasteiger partial charge in [0.15, 0.2) is 5.82 Å². The Morgan fingerprint density at radius 2 is 2.08 bits per heavy atom. The smallest absolute Gasteiger partial charge is 0.178 e. The predicted octanol–water partition coefficient (Wildman–Crippen LogP) is 1.93. The van der Waals surface area contributed by atoms with Gasteiger partial charge in [-0.1, -0.05) is 12.1 Å². The molecule has 1 N–H and O–H groups in total. The number of hydrogen-bond donors (Lipinski definition) is 1. The number of nitrogens with zero attached hydrogens (tertiary/aromatic N) is 2. The summed E-state index contributed by atoms with van der Waals surface area (Å²) in [7, 11) is 0. The van der Waals surface area contributed by atoms with Crippen molar-refractivity contribution in [2.24, 2.45) is 0 Å². The van der Waals surface area contributed by atoms with E-state index >= 15 is 0 Å². The fourth-order valence-electron chi connectivity index (χ4n) is 1.13. The number of imidazole rings is 1. The predicted molar refractivity (Wildman–Crippen MR) is 44.8 cm³/mol. The summed E-state index contributed by atoms with van der Waals surface area (Å²) in [6, 6.07) is 6.16. The molecule has 13 heavy (non-hydrogen) atoms. The van der Waals surface area contributed by atoms with Gasteiger partial charge < -0.3 is 5.21 Å². The lowest BCUT2D eigenvalue weighted by molar-refractivity contribution is 0.190. The highest BCUT2D eigenvalue weighted by atomic mass is 19.1. The van der Waals surface area contributed by atoms with Crippen molar-refractivity contribution in [3.05, 3.63) is 42.5 Å². The van der Waals surface area contributed by atoms with Gasteiger partial charge in [-0.15, -0.1) is 0 Å². The summed E-state index contributed by atoms with van der Waals surface area (Å²) in [4.78, 5) is 3.82. The van der Waals surface area contributed by atoms with Crippen LogP contribution in [0, 0.1) is 5.82 Å². The molecule has 66 valence electrons. The zero-order valence-electron chi connectivity index (χ0n) is 6.68. The molecule has 3 nitrogen and oxygen atoms in total. The van der Waals surface area contributed by atoms with Crippen molar-refractivity contribution in [1.82, 2.24) is 9.71 Å². The number of benzene rings is 1. The van der Waals surface area contributed by atoms with E-state index in [0.717, 1.165) is 4.73 Å². The molecule has 0 aliphatic rings. The van der Waals surface area contributed by atoms with Gasteiger partial charge in [0, 0.05) is 6.20 Å². The highest BCUT2D eigenvalue weighted by Crippen LogP contribution is 2.19. The van der Waals surface area contributed by atoms with Crippen LogP contribution in [0.15, 0.2) is 36.7 Å². The third kappa shape index (κ3) is 1.26. The summed E-state index contributed by atoms with van der Waals surface area (Å²) >= 11 is 0. The molecule has 0 unspecified atom stereocenters.